The molecule has 0 aromatic carbocycles. The molecule has 0 fully saturated rings. The summed E-state index contributed by atoms with van der Waals surface area (Å²) in [7, 11) is -4.41. The molecule has 0 rings (SSSR count). The number of rotatable bonds is 45. The molecule has 65 heavy (non-hydrogen) atoms. The van der Waals surface area contributed by atoms with Crippen LogP contribution < -0.4 is 5.73 Å². The third-order valence-corrected chi connectivity index (χ3v) is 10.8. The second-order valence-corrected chi connectivity index (χ2v) is 17.4. The summed E-state index contributed by atoms with van der Waals surface area (Å²) in [5, 5.41) is 0. The fraction of sp³-hybridized carbons (Fsp3) is 0.600. The Labute approximate surface area is 396 Å². The molecule has 9 nitrogen and oxygen atoms in total. The van der Waals surface area contributed by atoms with E-state index in [9.17, 15) is 19.0 Å². The van der Waals surface area contributed by atoms with E-state index in [1.54, 1.807) is 0 Å². The fourth-order valence-corrected chi connectivity index (χ4v) is 6.92. The van der Waals surface area contributed by atoms with E-state index >= 15 is 0 Å². The van der Waals surface area contributed by atoms with Gasteiger partial charge in [0.15, 0.2) is 6.10 Å². The zero-order valence-corrected chi connectivity index (χ0v) is 41.6. The highest BCUT2D eigenvalue weighted by molar-refractivity contribution is 7.47. The average Bonchev–Trinajstić information content (AvgIpc) is 3.30. The van der Waals surface area contributed by atoms with Crippen LogP contribution in [-0.4, -0.2) is 49.3 Å². The molecule has 0 saturated heterocycles. The lowest BCUT2D eigenvalue weighted by molar-refractivity contribution is -0.161. The zero-order valence-electron chi connectivity index (χ0n) is 40.7. The first-order valence-electron chi connectivity index (χ1n) is 25.0. The second-order valence-electron chi connectivity index (χ2n) is 15.9. The molecular weight excluding hydrogens is 834 g/mol. The van der Waals surface area contributed by atoms with E-state index in [2.05, 4.69) is 129 Å². The molecule has 368 valence electrons. The van der Waals surface area contributed by atoms with Crippen molar-refractivity contribution in [2.75, 3.05) is 26.4 Å². The predicted molar refractivity (Wildman–Crippen MR) is 274 cm³/mol. The molecule has 0 aliphatic carbocycles. The highest BCUT2D eigenvalue weighted by Gasteiger charge is 2.26. The second kappa shape index (κ2) is 49.8. The number of carbonyl (C=O) groups excluding carboxylic acids is 2. The topological polar surface area (TPSA) is 134 Å². The number of nitrogens with two attached hydrogens (primary N) is 1. The van der Waals surface area contributed by atoms with Crippen molar-refractivity contribution < 1.29 is 37.6 Å². The van der Waals surface area contributed by atoms with Crippen LogP contribution in [0.25, 0.3) is 0 Å². The Hall–Kier alpha value is -3.59. The number of phosphoric acid groups is 1. The van der Waals surface area contributed by atoms with Crippen LogP contribution in [0.15, 0.2) is 122 Å². The van der Waals surface area contributed by atoms with Gasteiger partial charge in [-0.1, -0.05) is 187 Å². The first-order valence-corrected chi connectivity index (χ1v) is 26.5. The van der Waals surface area contributed by atoms with Gasteiger partial charge in [-0.05, 0) is 103 Å². The molecule has 0 spiro atoms. The van der Waals surface area contributed by atoms with E-state index in [0.29, 0.717) is 19.3 Å². The summed E-state index contributed by atoms with van der Waals surface area (Å²) in [6.45, 7) is 3.51. The van der Waals surface area contributed by atoms with Gasteiger partial charge in [-0.15, -0.1) is 0 Å². The Morgan fingerprint density at radius 2 is 0.862 bits per heavy atom. The van der Waals surface area contributed by atoms with Crippen molar-refractivity contribution in [3.8, 4) is 0 Å². The molecule has 2 unspecified atom stereocenters. The molecule has 0 saturated carbocycles. The number of phosphoric ester groups is 1. The van der Waals surface area contributed by atoms with Crippen molar-refractivity contribution in [2.45, 2.75) is 187 Å². The van der Waals surface area contributed by atoms with Gasteiger partial charge in [-0.25, -0.2) is 4.57 Å². The molecule has 0 aromatic heterocycles. The van der Waals surface area contributed by atoms with Crippen LogP contribution >= 0.6 is 7.82 Å². The lowest BCUT2D eigenvalue weighted by Gasteiger charge is -2.19. The Morgan fingerprint density at radius 3 is 1.31 bits per heavy atom. The van der Waals surface area contributed by atoms with Gasteiger partial charge in [0.1, 0.15) is 6.61 Å². The van der Waals surface area contributed by atoms with Gasteiger partial charge in [0.25, 0.3) is 0 Å². The monoisotopic (exact) mass is 924 g/mol. The standard InChI is InChI=1S/C55H90NO8P/c1-3-5-7-9-11-13-15-17-19-21-23-25-26-28-30-32-34-36-38-40-42-44-46-48-55(58)64-53(52-63-65(59,60)62-50-49-56)51-61-54(57)47-45-43-41-39-37-35-33-31-29-27-24-22-20-18-16-14-12-10-8-6-4-2/h5,7,11,13,16-19,22-25,28-31,34,36,40,42,53H,3-4,6,8-10,12,14-15,20-21,26-27,32-33,35,37-39,41,43-52,56H2,1-2H3,(H,59,60)/b7-5-,13-11-,18-16-,19-17-,24-22-,25-23-,30-28-,31-29-,36-34-,42-40-. The van der Waals surface area contributed by atoms with Crippen LogP contribution in [0.2, 0.25) is 0 Å². The Morgan fingerprint density at radius 1 is 0.477 bits per heavy atom. The summed E-state index contributed by atoms with van der Waals surface area (Å²) in [5.74, 6) is -0.923. The minimum atomic E-state index is -4.41. The molecule has 0 aliphatic heterocycles. The Bertz CT molecular complexity index is 1470. The normalized spacial score (nSPS) is 14.2. The molecule has 0 amide bonds. The van der Waals surface area contributed by atoms with E-state index in [0.717, 1.165) is 96.3 Å². The number of hydrogen-bond donors (Lipinski definition) is 2. The summed E-state index contributed by atoms with van der Waals surface area (Å²) < 4.78 is 32.8. The van der Waals surface area contributed by atoms with Crippen molar-refractivity contribution in [1.82, 2.24) is 0 Å². The highest BCUT2D eigenvalue weighted by Crippen LogP contribution is 2.43. The molecule has 0 aromatic rings. The molecule has 0 radical (unpaired) electrons. The SMILES string of the molecule is CC/C=C\C/C=C\C/C=C\C/C=C\C/C=C\C/C=C\C/C=C\CCCC(=O)OC(COC(=O)CCCCCCCC/C=C\C/C=C\C/C=C\CCCCCCC)COP(=O)(O)OCCN. The minimum Gasteiger partial charge on any atom is -0.462 e. The lowest BCUT2D eigenvalue weighted by atomic mass is 10.1. The quantitative estimate of drug-likeness (QED) is 0.0265. The van der Waals surface area contributed by atoms with Gasteiger partial charge >= 0.3 is 19.8 Å². The lowest BCUT2D eigenvalue weighted by Crippen LogP contribution is -2.29. The first kappa shape index (κ1) is 61.4. The van der Waals surface area contributed by atoms with E-state index in [1.807, 2.05) is 6.08 Å². The number of allylic oxidation sites excluding steroid dienone is 20. The van der Waals surface area contributed by atoms with Crippen molar-refractivity contribution in [3.05, 3.63) is 122 Å². The number of hydrogen-bond acceptors (Lipinski definition) is 8. The number of ether oxygens (including phenoxy) is 2. The Kier molecular flexibility index (Phi) is 47.1. The van der Waals surface area contributed by atoms with Gasteiger partial charge in [-0.3, -0.25) is 18.6 Å². The van der Waals surface area contributed by atoms with Crippen LogP contribution in [0.5, 0.6) is 0 Å². The Balaban J connectivity index is 4.25. The van der Waals surface area contributed by atoms with Crippen LogP contribution in [-0.2, 0) is 32.7 Å². The maximum absolute atomic E-state index is 12.6. The molecule has 0 bridgehead atoms. The molecule has 0 heterocycles. The zero-order chi connectivity index (χ0) is 47.4. The fourth-order valence-electron chi connectivity index (χ4n) is 6.16. The van der Waals surface area contributed by atoms with Crippen LogP contribution in [0.4, 0.5) is 0 Å². The van der Waals surface area contributed by atoms with E-state index in [1.165, 1.54) is 38.5 Å². The van der Waals surface area contributed by atoms with Crippen LogP contribution in [0.3, 0.4) is 0 Å². The maximum Gasteiger partial charge on any atom is 0.472 e. The first-order chi connectivity index (χ1) is 31.8. The van der Waals surface area contributed by atoms with Gasteiger partial charge in [-0.2, -0.15) is 0 Å². The highest BCUT2D eigenvalue weighted by atomic mass is 31.2. The molecular formula is C55H90NO8P. The van der Waals surface area contributed by atoms with Crippen molar-refractivity contribution in [1.29, 1.82) is 0 Å². The summed E-state index contributed by atoms with van der Waals surface area (Å²) in [6.07, 6.45) is 68.1. The van der Waals surface area contributed by atoms with Gasteiger partial charge in [0.2, 0.25) is 0 Å². The summed E-state index contributed by atoms with van der Waals surface area (Å²) in [4.78, 5) is 35.0. The average molecular weight is 924 g/mol. The van der Waals surface area contributed by atoms with Gasteiger partial charge < -0.3 is 20.1 Å². The van der Waals surface area contributed by atoms with Crippen LogP contribution in [0.1, 0.15) is 181 Å². The van der Waals surface area contributed by atoms with E-state index in [4.69, 9.17) is 24.3 Å². The third kappa shape index (κ3) is 49.7. The van der Waals surface area contributed by atoms with Crippen molar-refractivity contribution in [3.63, 3.8) is 0 Å². The summed E-state index contributed by atoms with van der Waals surface area (Å²) in [5.41, 5.74) is 5.36. The molecule has 10 heteroatoms. The number of unbranched alkanes of at least 4 members (excludes halogenated alkanes) is 12. The van der Waals surface area contributed by atoms with Crippen LogP contribution in [0, 0.1) is 0 Å². The number of esters is 2. The molecule has 3 N–H and O–H groups in total. The van der Waals surface area contributed by atoms with Crippen molar-refractivity contribution in [2.24, 2.45) is 5.73 Å². The largest absolute Gasteiger partial charge is 0.472 e. The van der Waals surface area contributed by atoms with E-state index in [-0.39, 0.29) is 32.6 Å². The minimum absolute atomic E-state index is 0.0348. The summed E-state index contributed by atoms with van der Waals surface area (Å²) >= 11 is 0. The van der Waals surface area contributed by atoms with Gasteiger partial charge in [0.05, 0.1) is 13.2 Å². The third-order valence-electron chi connectivity index (χ3n) is 9.83. The number of carbonyl (C=O) groups is 2. The molecule has 0 aliphatic rings. The smallest absolute Gasteiger partial charge is 0.462 e. The van der Waals surface area contributed by atoms with Crippen molar-refractivity contribution >= 4 is 19.8 Å². The molecule has 2 atom stereocenters. The van der Waals surface area contributed by atoms with Gasteiger partial charge in [0, 0.05) is 19.4 Å². The summed E-state index contributed by atoms with van der Waals surface area (Å²) in [6, 6.07) is 0. The predicted octanol–water partition coefficient (Wildman–Crippen LogP) is 15.3. The maximum atomic E-state index is 12.6. The van der Waals surface area contributed by atoms with E-state index < -0.39 is 32.5 Å².